The molecule has 1 aromatic carbocycles. The molecule has 0 aliphatic rings. The van der Waals surface area contributed by atoms with Crippen molar-refractivity contribution < 1.29 is 19.6 Å². The number of hydrogen-bond donors (Lipinski definition) is 2. The van der Waals surface area contributed by atoms with Crippen molar-refractivity contribution in [1.82, 2.24) is 5.32 Å². The summed E-state index contributed by atoms with van der Waals surface area (Å²) in [5, 5.41) is 22.1. The van der Waals surface area contributed by atoms with E-state index in [9.17, 15) is 19.7 Å². The molecular formula is C12H13BrN2O5. The van der Waals surface area contributed by atoms with Crippen molar-refractivity contribution in [2.75, 3.05) is 0 Å². The Hall–Kier alpha value is -1.96. The van der Waals surface area contributed by atoms with Crippen molar-refractivity contribution >= 4 is 33.5 Å². The number of carbonyl (C=O) groups is 2. The van der Waals surface area contributed by atoms with Crippen LogP contribution >= 0.6 is 15.9 Å². The Morgan fingerprint density at radius 1 is 1.50 bits per heavy atom. The number of carboxylic acids is 1. The SMILES string of the molecule is CCCC(NC(=O)c1cccc([N+](=O)[O-])c1Br)C(=O)O. The maximum atomic E-state index is 12.0. The fourth-order valence-electron chi connectivity index (χ4n) is 1.62. The first-order valence-electron chi connectivity index (χ1n) is 5.85. The van der Waals surface area contributed by atoms with Crippen LogP contribution in [0, 0.1) is 10.1 Å². The molecule has 0 aliphatic heterocycles. The summed E-state index contributed by atoms with van der Waals surface area (Å²) in [6.07, 6.45) is 0.876. The molecule has 7 nitrogen and oxygen atoms in total. The Morgan fingerprint density at radius 2 is 2.15 bits per heavy atom. The Labute approximate surface area is 123 Å². The number of halogens is 1. The first kappa shape index (κ1) is 16.1. The van der Waals surface area contributed by atoms with E-state index < -0.39 is 22.8 Å². The largest absolute Gasteiger partial charge is 0.480 e. The lowest BCUT2D eigenvalue weighted by Crippen LogP contribution is -2.40. The average molecular weight is 345 g/mol. The second kappa shape index (κ2) is 6.99. The molecule has 0 aliphatic carbocycles. The van der Waals surface area contributed by atoms with E-state index in [0.717, 1.165) is 0 Å². The normalized spacial score (nSPS) is 11.7. The predicted molar refractivity (Wildman–Crippen MR) is 74.6 cm³/mol. The van der Waals surface area contributed by atoms with Gasteiger partial charge in [-0.1, -0.05) is 19.4 Å². The van der Waals surface area contributed by atoms with Crippen LogP contribution in [0.3, 0.4) is 0 Å². The summed E-state index contributed by atoms with van der Waals surface area (Å²) in [5.74, 6) is -1.80. The zero-order valence-electron chi connectivity index (χ0n) is 10.6. The molecule has 1 rings (SSSR count). The van der Waals surface area contributed by atoms with Crippen molar-refractivity contribution in [2.24, 2.45) is 0 Å². The second-order valence-corrected chi connectivity index (χ2v) is 4.84. The van der Waals surface area contributed by atoms with Crippen LogP contribution in [0.5, 0.6) is 0 Å². The summed E-state index contributed by atoms with van der Waals surface area (Å²) in [5.41, 5.74) is -0.221. The standard InChI is InChI=1S/C12H13BrN2O5/c1-2-4-8(12(17)18)14-11(16)7-5-3-6-9(10(7)13)15(19)20/h3,5-6,8H,2,4H2,1H3,(H,14,16)(H,17,18). The third-order valence-corrected chi connectivity index (χ3v) is 3.43. The van der Waals surface area contributed by atoms with Crippen LogP contribution in [0.25, 0.3) is 0 Å². The van der Waals surface area contributed by atoms with E-state index in [1.165, 1.54) is 18.2 Å². The molecule has 0 radical (unpaired) electrons. The summed E-state index contributed by atoms with van der Waals surface area (Å²) < 4.78 is 0.0307. The summed E-state index contributed by atoms with van der Waals surface area (Å²) in [6.45, 7) is 1.80. The molecule has 108 valence electrons. The van der Waals surface area contributed by atoms with Gasteiger partial charge in [0.2, 0.25) is 0 Å². The third kappa shape index (κ3) is 3.77. The Bertz CT molecular complexity index is 547. The van der Waals surface area contributed by atoms with E-state index in [4.69, 9.17) is 5.11 Å². The minimum atomic E-state index is -1.14. The highest BCUT2D eigenvalue weighted by molar-refractivity contribution is 9.10. The lowest BCUT2D eigenvalue weighted by atomic mass is 10.1. The third-order valence-electron chi connectivity index (χ3n) is 2.60. The molecule has 20 heavy (non-hydrogen) atoms. The van der Waals surface area contributed by atoms with Crippen LogP contribution in [-0.2, 0) is 4.79 Å². The van der Waals surface area contributed by atoms with E-state index >= 15 is 0 Å². The second-order valence-electron chi connectivity index (χ2n) is 4.05. The molecule has 1 amide bonds. The van der Waals surface area contributed by atoms with Crippen LogP contribution in [-0.4, -0.2) is 27.9 Å². The van der Waals surface area contributed by atoms with Gasteiger partial charge < -0.3 is 10.4 Å². The Morgan fingerprint density at radius 3 is 2.65 bits per heavy atom. The number of rotatable bonds is 6. The number of nitro groups is 1. The minimum absolute atomic E-state index is 0.0292. The summed E-state index contributed by atoms with van der Waals surface area (Å²) in [7, 11) is 0. The van der Waals surface area contributed by atoms with Gasteiger partial charge in [-0.3, -0.25) is 14.9 Å². The summed E-state index contributed by atoms with van der Waals surface area (Å²) in [6, 6.07) is 2.99. The number of nitro benzene ring substituents is 1. The number of nitrogens with one attached hydrogen (secondary N) is 1. The number of benzene rings is 1. The predicted octanol–water partition coefficient (Wildman–Crippen LogP) is 2.34. The molecule has 2 N–H and O–H groups in total. The maximum absolute atomic E-state index is 12.0. The maximum Gasteiger partial charge on any atom is 0.326 e. The van der Waals surface area contributed by atoms with Gasteiger partial charge in [-0.05, 0) is 28.4 Å². The van der Waals surface area contributed by atoms with Gasteiger partial charge in [0.1, 0.15) is 10.5 Å². The van der Waals surface area contributed by atoms with Crippen molar-refractivity contribution in [3.05, 3.63) is 38.3 Å². The Balaban J connectivity index is 3.00. The highest BCUT2D eigenvalue weighted by Gasteiger charge is 2.23. The molecule has 0 aromatic heterocycles. The summed E-state index contributed by atoms with van der Waals surface area (Å²) in [4.78, 5) is 33.1. The van der Waals surface area contributed by atoms with Crippen molar-refractivity contribution in [1.29, 1.82) is 0 Å². The fraction of sp³-hybridized carbons (Fsp3) is 0.333. The summed E-state index contributed by atoms with van der Waals surface area (Å²) >= 11 is 3.00. The van der Waals surface area contributed by atoms with Crippen LogP contribution in [0.2, 0.25) is 0 Å². The van der Waals surface area contributed by atoms with Crippen LogP contribution in [0.15, 0.2) is 22.7 Å². The van der Waals surface area contributed by atoms with Crippen molar-refractivity contribution in [3.63, 3.8) is 0 Å². The molecule has 1 aromatic rings. The monoisotopic (exact) mass is 344 g/mol. The van der Waals surface area contributed by atoms with Gasteiger partial charge >= 0.3 is 5.97 Å². The number of nitrogens with zero attached hydrogens (tertiary/aromatic N) is 1. The first-order chi connectivity index (χ1) is 9.38. The van der Waals surface area contributed by atoms with E-state index in [-0.39, 0.29) is 22.1 Å². The number of aliphatic carboxylic acids is 1. The quantitative estimate of drug-likeness (QED) is 0.607. The van der Waals surface area contributed by atoms with Gasteiger partial charge in [-0.15, -0.1) is 0 Å². The lowest BCUT2D eigenvalue weighted by molar-refractivity contribution is -0.385. The number of carbonyl (C=O) groups excluding carboxylic acids is 1. The molecule has 0 fully saturated rings. The number of amides is 1. The molecule has 0 bridgehead atoms. The molecule has 8 heteroatoms. The van der Waals surface area contributed by atoms with Gasteiger partial charge in [0.05, 0.1) is 10.5 Å². The lowest BCUT2D eigenvalue weighted by Gasteiger charge is -2.14. The molecular weight excluding hydrogens is 332 g/mol. The smallest absolute Gasteiger partial charge is 0.326 e. The van der Waals surface area contributed by atoms with E-state index in [0.29, 0.717) is 6.42 Å². The fourth-order valence-corrected chi connectivity index (χ4v) is 2.21. The van der Waals surface area contributed by atoms with Gasteiger partial charge in [-0.25, -0.2) is 4.79 Å². The van der Waals surface area contributed by atoms with Gasteiger partial charge in [0, 0.05) is 6.07 Å². The van der Waals surface area contributed by atoms with Crippen LogP contribution in [0.1, 0.15) is 30.1 Å². The average Bonchev–Trinajstić information content (AvgIpc) is 2.37. The molecule has 0 heterocycles. The number of hydrogen-bond acceptors (Lipinski definition) is 4. The molecule has 1 unspecified atom stereocenters. The molecule has 0 spiro atoms. The van der Waals surface area contributed by atoms with Crippen molar-refractivity contribution in [2.45, 2.75) is 25.8 Å². The number of carboxylic acid groups (broad SMARTS) is 1. The van der Waals surface area contributed by atoms with E-state index in [1.54, 1.807) is 6.92 Å². The van der Waals surface area contributed by atoms with Gasteiger partial charge in [-0.2, -0.15) is 0 Å². The topological polar surface area (TPSA) is 110 Å². The molecule has 0 saturated heterocycles. The van der Waals surface area contributed by atoms with Crippen molar-refractivity contribution in [3.8, 4) is 0 Å². The van der Waals surface area contributed by atoms with Gasteiger partial charge in [0.15, 0.2) is 0 Å². The van der Waals surface area contributed by atoms with Crippen LogP contribution < -0.4 is 5.32 Å². The van der Waals surface area contributed by atoms with Gasteiger partial charge in [0.25, 0.3) is 11.6 Å². The van der Waals surface area contributed by atoms with E-state index in [1.807, 2.05) is 0 Å². The minimum Gasteiger partial charge on any atom is -0.480 e. The van der Waals surface area contributed by atoms with Crippen LogP contribution in [0.4, 0.5) is 5.69 Å². The molecule has 0 saturated carbocycles. The zero-order chi connectivity index (χ0) is 15.3. The Kier molecular flexibility index (Phi) is 5.63. The molecule has 1 atom stereocenters. The van der Waals surface area contributed by atoms with E-state index in [2.05, 4.69) is 21.2 Å². The highest BCUT2D eigenvalue weighted by Crippen LogP contribution is 2.28. The highest BCUT2D eigenvalue weighted by atomic mass is 79.9. The first-order valence-corrected chi connectivity index (χ1v) is 6.64. The zero-order valence-corrected chi connectivity index (χ0v) is 12.2.